The molecule has 2 amide bonds. The number of alkyl halides is 3. The Labute approximate surface area is 231 Å². The zero-order chi connectivity index (χ0) is 28.4. The fraction of sp³-hybridized carbons (Fsp3) is 0.571. The van der Waals surface area contributed by atoms with Gasteiger partial charge in [-0.05, 0) is 82.9 Å². The normalized spacial score (nSPS) is 22.1. The van der Waals surface area contributed by atoms with Crippen LogP contribution in [-0.4, -0.2) is 76.9 Å². The molecule has 2 aliphatic carbocycles. The van der Waals surface area contributed by atoms with Crippen LogP contribution < -0.4 is 16.0 Å². The number of piperidine rings is 1. The molecule has 0 bridgehead atoms. The number of benzene rings is 1. The number of halogens is 3. The molecular formula is C28H36F3N7O2. The van der Waals surface area contributed by atoms with Gasteiger partial charge in [-0.1, -0.05) is 6.42 Å². The highest BCUT2D eigenvalue weighted by atomic mass is 19.4. The highest BCUT2D eigenvalue weighted by molar-refractivity contribution is 5.94. The lowest BCUT2D eigenvalue weighted by molar-refractivity contribution is -0.137. The quantitative estimate of drug-likeness (QED) is 0.444. The Hall–Kier alpha value is -3.41. The maximum Gasteiger partial charge on any atom is 0.421 e. The van der Waals surface area contributed by atoms with Crippen molar-refractivity contribution in [3.8, 4) is 0 Å². The third kappa shape index (κ3) is 6.65. The second-order valence-corrected chi connectivity index (χ2v) is 11.2. The van der Waals surface area contributed by atoms with Gasteiger partial charge in [-0.3, -0.25) is 9.59 Å². The van der Waals surface area contributed by atoms with Crippen molar-refractivity contribution in [2.45, 2.75) is 69.2 Å². The van der Waals surface area contributed by atoms with Crippen molar-refractivity contribution in [2.75, 3.05) is 37.8 Å². The van der Waals surface area contributed by atoms with Crippen LogP contribution in [0.15, 0.2) is 30.5 Å². The highest BCUT2D eigenvalue weighted by Crippen LogP contribution is 2.37. The third-order valence-corrected chi connectivity index (χ3v) is 8.14. The van der Waals surface area contributed by atoms with Gasteiger partial charge in [0, 0.05) is 42.6 Å². The number of nitrogens with one attached hydrogen (secondary N) is 3. The molecule has 2 atom stereocenters. The van der Waals surface area contributed by atoms with Crippen LogP contribution in [0.4, 0.5) is 30.6 Å². The maximum atomic E-state index is 13.8. The average Bonchev–Trinajstić information content (AvgIpc) is 3.62. The number of anilines is 3. The fourth-order valence-corrected chi connectivity index (χ4v) is 5.49. The van der Waals surface area contributed by atoms with Crippen LogP contribution in [0, 0.1) is 5.92 Å². The second kappa shape index (κ2) is 11.6. The van der Waals surface area contributed by atoms with E-state index in [0.29, 0.717) is 24.1 Å². The largest absolute Gasteiger partial charge is 0.421 e. The molecule has 12 heteroatoms. The van der Waals surface area contributed by atoms with Crippen molar-refractivity contribution in [3.63, 3.8) is 0 Å². The van der Waals surface area contributed by atoms with Crippen molar-refractivity contribution in [2.24, 2.45) is 5.92 Å². The first kappa shape index (κ1) is 28.1. The van der Waals surface area contributed by atoms with E-state index >= 15 is 0 Å². The number of carbonyl (C=O) groups excluding carboxylic acids is 2. The van der Waals surface area contributed by atoms with E-state index in [1.54, 1.807) is 29.2 Å². The van der Waals surface area contributed by atoms with Crippen LogP contribution in [0.5, 0.6) is 0 Å². The van der Waals surface area contributed by atoms with Gasteiger partial charge in [-0.25, -0.2) is 4.98 Å². The molecule has 1 saturated heterocycles. The summed E-state index contributed by atoms with van der Waals surface area (Å²) >= 11 is 0. The van der Waals surface area contributed by atoms with E-state index < -0.39 is 23.7 Å². The Balaban J connectivity index is 1.27. The van der Waals surface area contributed by atoms with Gasteiger partial charge in [0.05, 0.1) is 5.92 Å². The number of rotatable bonds is 8. The lowest BCUT2D eigenvalue weighted by atomic mass is 10.0. The lowest BCUT2D eigenvalue weighted by Gasteiger charge is -2.35. The average molecular weight is 560 g/mol. The summed E-state index contributed by atoms with van der Waals surface area (Å²) in [7, 11) is 3.89. The zero-order valence-corrected chi connectivity index (χ0v) is 22.8. The summed E-state index contributed by atoms with van der Waals surface area (Å²) in [6, 6.07) is 6.65. The molecule has 1 aromatic heterocycles. The van der Waals surface area contributed by atoms with Gasteiger partial charge < -0.3 is 25.8 Å². The smallest absolute Gasteiger partial charge is 0.366 e. The van der Waals surface area contributed by atoms with E-state index in [1.807, 2.05) is 7.05 Å². The number of carbonyl (C=O) groups is 2. The molecular weight excluding hydrogens is 523 g/mol. The van der Waals surface area contributed by atoms with Crippen molar-refractivity contribution < 1.29 is 22.8 Å². The molecule has 40 heavy (non-hydrogen) atoms. The first-order valence-corrected chi connectivity index (χ1v) is 13.9. The van der Waals surface area contributed by atoms with Crippen molar-refractivity contribution in [3.05, 3.63) is 41.6 Å². The lowest BCUT2D eigenvalue weighted by Crippen LogP contribution is -2.44. The number of hydrogen-bond acceptors (Lipinski definition) is 7. The molecule has 3 aliphatic rings. The Morgan fingerprint density at radius 3 is 2.38 bits per heavy atom. The number of likely N-dealkylation sites (tertiary alicyclic amines) is 1. The first-order valence-electron chi connectivity index (χ1n) is 13.9. The molecule has 0 radical (unpaired) electrons. The number of nitrogens with zero attached hydrogens (tertiary/aromatic N) is 4. The van der Waals surface area contributed by atoms with Gasteiger partial charge in [0.2, 0.25) is 11.9 Å². The van der Waals surface area contributed by atoms with Gasteiger partial charge in [0.15, 0.2) is 0 Å². The Kier molecular flexibility index (Phi) is 8.16. The molecule has 3 fully saturated rings. The molecule has 2 saturated carbocycles. The summed E-state index contributed by atoms with van der Waals surface area (Å²) in [6.07, 6.45) is 1.77. The van der Waals surface area contributed by atoms with Crippen molar-refractivity contribution >= 4 is 29.3 Å². The van der Waals surface area contributed by atoms with E-state index in [1.165, 1.54) is 0 Å². The first-order chi connectivity index (χ1) is 19.1. The standard InChI is InChI=1S/C28H36F3N7O2/c1-37-14-12-20(13-15-37)38(2)26(40)17-6-8-19(9-7-17)34-27-32-16-22(28(29,30)31)24(36-27)35-23-5-3-4-21(23)25(39)33-18-10-11-18/h6-9,16,18,20-21,23H,3-5,10-15H2,1-2H3,(H,33,39)(H2,32,34,35,36). The van der Waals surface area contributed by atoms with Crippen LogP contribution in [-0.2, 0) is 11.0 Å². The van der Waals surface area contributed by atoms with Crippen LogP contribution in [0.25, 0.3) is 0 Å². The number of amides is 2. The molecule has 1 aliphatic heterocycles. The van der Waals surface area contributed by atoms with Crippen LogP contribution >= 0.6 is 0 Å². The monoisotopic (exact) mass is 559 g/mol. The van der Waals surface area contributed by atoms with Gasteiger partial charge in [0.25, 0.3) is 5.91 Å². The second-order valence-electron chi connectivity index (χ2n) is 11.2. The maximum absolute atomic E-state index is 13.8. The van der Waals surface area contributed by atoms with Crippen LogP contribution in [0.2, 0.25) is 0 Å². The summed E-state index contributed by atoms with van der Waals surface area (Å²) in [4.78, 5) is 37.7. The predicted octanol–water partition coefficient (Wildman–Crippen LogP) is 4.26. The van der Waals surface area contributed by atoms with E-state index in [2.05, 4.69) is 37.9 Å². The topological polar surface area (TPSA) is 102 Å². The van der Waals surface area contributed by atoms with E-state index in [-0.39, 0.29) is 35.7 Å². The van der Waals surface area contributed by atoms with Gasteiger partial charge in [0.1, 0.15) is 11.4 Å². The molecule has 9 nitrogen and oxygen atoms in total. The summed E-state index contributed by atoms with van der Waals surface area (Å²) < 4.78 is 41.4. The molecule has 2 aromatic rings. The summed E-state index contributed by atoms with van der Waals surface area (Å²) in [5, 5.41) is 8.82. The molecule has 3 N–H and O–H groups in total. The Morgan fingerprint density at radius 1 is 1.02 bits per heavy atom. The number of aromatic nitrogens is 2. The molecule has 0 spiro atoms. The van der Waals surface area contributed by atoms with Crippen molar-refractivity contribution in [1.29, 1.82) is 0 Å². The minimum absolute atomic E-state index is 0.0185. The highest BCUT2D eigenvalue weighted by Gasteiger charge is 2.39. The van der Waals surface area contributed by atoms with Crippen LogP contribution in [0.1, 0.15) is 60.9 Å². The third-order valence-electron chi connectivity index (χ3n) is 8.14. The molecule has 216 valence electrons. The van der Waals surface area contributed by atoms with E-state index in [0.717, 1.165) is 51.4 Å². The summed E-state index contributed by atoms with van der Waals surface area (Å²) in [6.45, 7) is 1.90. The molecule has 2 unspecified atom stereocenters. The SMILES string of the molecule is CN1CCC(N(C)C(=O)c2ccc(Nc3ncc(C(F)(F)F)c(NC4CCCC4C(=O)NC4CC4)n3)cc2)CC1. The van der Waals surface area contributed by atoms with Crippen LogP contribution in [0.3, 0.4) is 0 Å². The minimum atomic E-state index is -4.66. The van der Waals surface area contributed by atoms with Gasteiger partial charge in [-0.2, -0.15) is 18.2 Å². The van der Waals surface area contributed by atoms with E-state index in [9.17, 15) is 22.8 Å². The van der Waals surface area contributed by atoms with E-state index in [4.69, 9.17) is 0 Å². The molecule has 1 aromatic carbocycles. The zero-order valence-electron chi connectivity index (χ0n) is 22.8. The summed E-state index contributed by atoms with van der Waals surface area (Å²) in [5.74, 6) is -0.974. The van der Waals surface area contributed by atoms with Crippen molar-refractivity contribution in [1.82, 2.24) is 25.1 Å². The molecule has 5 rings (SSSR count). The predicted molar refractivity (Wildman–Crippen MR) is 145 cm³/mol. The fourth-order valence-electron chi connectivity index (χ4n) is 5.49. The van der Waals surface area contributed by atoms with Gasteiger partial charge >= 0.3 is 6.18 Å². The molecule has 2 heterocycles. The number of hydrogen-bond donors (Lipinski definition) is 3. The van der Waals surface area contributed by atoms with Gasteiger partial charge in [-0.15, -0.1) is 0 Å². The minimum Gasteiger partial charge on any atom is -0.366 e. The Morgan fingerprint density at radius 2 is 1.73 bits per heavy atom. The Bertz CT molecular complexity index is 1210. The summed E-state index contributed by atoms with van der Waals surface area (Å²) in [5.41, 5.74) is 0.0790.